The number of guanidine groups is 1. The Morgan fingerprint density at radius 2 is 1.75 bits per heavy atom. The number of aromatic nitrogens is 1. The molecule has 0 fully saturated rings. The molecule has 0 amide bonds. The molecule has 3 rings (SSSR count). The molecule has 0 aliphatic carbocycles. The van der Waals surface area contributed by atoms with E-state index < -0.39 is 0 Å². The van der Waals surface area contributed by atoms with Crippen LogP contribution in [0.1, 0.15) is 12.1 Å². The number of para-hydroxylation sites is 1. The molecule has 2 N–H and O–H groups in total. The average molecular weight is 492 g/mol. The summed E-state index contributed by atoms with van der Waals surface area (Å²) in [7, 11) is 1.74. The molecular formula is C21H25IN4O2. The van der Waals surface area contributed by atoms with Crippen molar-refractivity contribution in [1.29, 1.82) is 0 Å². The standard InChI is InChI=1S/C21H24N4O2.HI/c1-22-21(23-13-8-14-26-19-11-6-3-7-12-19)24-16-18-15-20(27-25-18)17-9-4-2-5-10-17;/h2-7,9-12,15H,8,13-14,16H2,1H3,(H2,22,23,24);1H. The lowest BCUT2D eigenvalue weighted by atomic mass is 10.2. The Kier molecular flexibility index (Phi) is 9.33. The Morgan fingerprint density at radius 3 is 2.46 bits per heavy atom. The van der Waals surface area contributed by atoms with Gasteiger partial charge in [0.1, 0.15) is 11.4 Å². The van der Waals surface area contributed by atoms with Crippen molar-refractivity contribution in [3.05, 3.63) is 72.4 Å². The Balaban J connectivity index is 0.00000280. The SMILES string of the molecule is CN=C(NCCCOc1ccccc1)NCc1cc(-c2ccccc2)on1.I. The van der Waals surface area contributed by atoms with E-state index in [1.165, 1.54) is 0 Å². The molecule has 28 heavy (non-hydrogen) atoms. The van der Waals surface area contributed by atoms with Crippen molar-refractivity contribution >= 4 is 29.9 Å². The number of rotatable bonds is 8. The number of hydrogen-bond acceptors (Lipinski definition) is 4. The third-order valence-electron chi connectivity index (χ3n) is 3.90. The summed E-state index contributed by atoms with van der Waals surface area (Å²) in [4.78, 5) is 4.22. The van der Waals surface area contributed by atoms with Crippen molar-refractivity contribution in [1.82, 2.24) is 15.8 Å². The first kappa shape index (κ1) is 21.7. The first-order valence-corrected chi connectivity index (χ1v) is 8.98. The first-order chi connectivity index (χ1) is 13.3. The van der Waals surface area contributed by atoms with E-state index in [2.05, 4.69) is 20.8 Å². The summed E-state index contributed by atoms with van der Waals surface area (Å²) in [6, 6.07) is 21.7. The molecular weight excluding hydrogens is 467 g/mol. The Morgan fingerprint density at radius 1 is 1.04 bits per heavy atom. The first-order valence-electron chi connectivity index (χ1n) is 8.98. The number of nitrogens with one attached hydrogen (secondary N) is 2. The van der Waals surface area contributed by atoms with Crippen molar-refractivity contribution < 1.29 is 9.26 Å². The second kappa shape index (κ2) is 12.0. The highest BCUT2D eigenvalue weighted by molar-refractivity contribution is 14.0. The van der Waals surface area contributed by atoms with Crippen molar-refractivity contribution in [2.45, 2.75) is 13.0 Å². The van der Waals surface area contributed by atoms with Gasteiger partial charge in [0.25, 0.3) is 0 Å². The van der Waals surface area contributed by atoms with Crippen LogP contribution in [-0.4, -0.2) is 31.3 Å². The normalized spacial score (nSPS) is 10.8. The molecule has 0 aliphatic rings. The molecule has 2 aromatic carbocycles. The van der Waals surface area contributed by atoms with Gasteiger partial charge in [0.2, 0.25) is 0 Å². The van der Waals surface area contributed by atoms with E-state index in [0.29, 0.717) is 13.2 Å². The van der Waals surface area contributed by atoms with Crippen LogP contribution in [0.25, 0.3) is 11.3 Å². The summed E-state index contributed by atoms with van der Waals surface area (Å²) in [5.41, 5.74) is 1.83. The molecule has 7 heteroatoms. The molecule has 0 saturated carbocycles. The fourth-order valence-corrected chi connectivity index (χ4v) is 2.51. The molecule has 1 heterocycles. The number of ether oxygens (including phenoxy) is 1. The predicted octanol–water partition coefficient (Wildman–Crippen LogP) is 4.09. The number of benzene rings is 2. The van der Waals surface area contributed by atoms with E-state index in [4.69, 9.17) is 9.26 Å². The maximum atomic E-state index is 5.67. The minimum atomic E-state index is 0. The summed E-state index contributed by atoms with van der Waals surface area (Å²) in [5, 5.41) is 10.6. The van der Waals surface area contributed by atoms with E-state index in [-0.39, 0.29) is 24.0 Å². The molecule has 6 nitrogen and oxygen atoms in total. The monoisotopic (exact) mass is 492 g/mol. The van der Waals surface area contributed by atoms with Gasteiger partial charge in [-0.05, 0) is 18.6 Å². The molecule has 0 saturated heterocycles. The van der Waals surface area contributed by atoms with Crippen LogP contribution < -0.4 is 15.4 Å². The van der Waals surface area contributed by atoms with E-state index in [1.54, 1.807) is 7.05 Å². The van der Waals surface area contributed by atoms with Gasteiger partial charge in [-0.2, -0.15) is 0 Å². The minimum Gasteiger partial charge on any atom is -0.494 e. The van der Waals surface area contributed by atoms with Gasteiger partial charge in [-0.3, -0.25) is 4.99 Å². The molecule has 0 aliphatic heterocycles. The van der Waals surface area contributed by atoms with Gasteiger partial charge in [-0.25, -0.2) is 0 Å². The molecule has 1 aromatic heterocycles. The lowest BCUT2D eigenvalue weighted by molar-refractivity contribution is 0.311. The van der Waals surface area contributed by atoms with Crippen LogP contribution in [0.3, 0.4) is 0 Å². The zero-order chi connectivity index (χ0) is 18.7. The van der Waals surface area contributed by atoms with Crippen LogP contribution in [-0.2, 0) is 6.54 Å². The van der Waals surface area contributed by atoms with Crippen molar-refractivity contribution in [2.75, 3.05) is 20.2 Å². The van der Waals surface area contributed by atoms with Crippen LogP contribution >= 0.6 is 24.0 Å². The Labute approximate surface area is 182 Å². The van der Waals surface area contributed by atoms with Gasteiger partial charge >= 0.3 is 0 Å². The molecule has 0 atom stereocenters. The van der Waals surface area contributed by atoms with Gasteiger partial charge in [0.15, 0.2) is 11.7 Å². The van der Waals surface area contributed by atoms with Gasteiger partial charge in [-0.15, -0.1) is 24.0 Å². The predicted molar refractivity (Wildman–Crippen MR) is 122 cm³/mol. The van der Waals surface area contributed by atoms with Crippen LogP contribution in [0, 0.1) is 0 Å². The molecule has 0 unspecified atom stereocenters. The quantitative estimate of drug-likeness (QED) is 0.215. The smallest absolute Gasteiger partial charge is 0.191 e. The largest absolute Gasteiger partial charge is 0.494 e. The van der Waals surface area contributed by atoms with Gasteiger partial charge < -0.3 is 19.9 Å². The summed E-state index contributed by atoms with van der Waals surface area (Å²) < 4.78 is 11.1. The fraction of sp³-hybridized carbons (Fsp3) is 0.238. The van der Waals surface area contributed by atoms with Gasteiger partial charge in [0.05, 0.1) is 13.2 Å². The third-order valence-corrected chi connectivity index (χ3v) is 3.90. The molecule has 0 radical (unpaired) electrons. The number of aliphatic imine (C=N–C) groups is 1. The molecule has 0 spiro atoms. The van der Waals surface area contributed by atoms with Gasteiger partial charge in [0, 0.05) is 25.2 Å². The molecule has 0 bridgehead atoms. The zero-order valence-corrected chi connectivity index (χ0v) is 18.1. The zero-order valence-electron chi connectivity index (χ0n) is 15.8. The van der Waals surface area contributed by atoms with Gasteiger partial charge in [-0.1, -0.05) is 53.7 Å². The van der Waals surface area contributed by atoms with Crippen molar-refractivity contribution in [3.8, 4) is 17.1 Å². The van der Waals surface area contributed by atoms with E-state index in [0.717, 1.165) is 41.7 Å². The minimum absolute atomic E-state index is 0. The van der Waals surface area contributed by atoms with Crippen LogP contribution in [0.4, 0.5) is 0 Å². The fourth-order valence-electron chi connectivity index (χ4n) is 2.51. The van der Waals surface area contributed by atoms with Crippen molar-refractivity contribution in [2.24, 2.45) is 4.99 Å². The highest BCUT2D eigenvalue weighted by Crippen LogP contribution is 2.19. The molecule has 3 aromatic rings. The summed E-state index contributed by atoms with van der Waals surface area (Å²) >= 11 is 0. The maximum Gasteiger partial charge on any atom is 0.191 e. The number of nitrogens with zero attached hydrogens (tertiary/aromatic N) is 2. The second-order valence-electron chi connectivity index (χ2n) is 5.92. The number of hydrogen-bond donors (Lipinski definition) is 2. The lowest BCUT2D eigenvalue weighted by Crippen LogP contribution is -2.37. The Bertz CT molecular complexity index is 838. The third kappa shape index (κ3) is 6.88. The lowest BCUT2D eigenvalue weighted by Gasteiger charge is -2.11. The summed E-state index contributed by atoms with van der Waals surface area (Å²) in [5.74, 6) is 2.37. The van der Waals surface area contributed by atoms with Crippen LogP contribution in [0.15, 0.2) is 76.2 Å². The highest BCUT2D eigenvalue weighted by Gasteiger charge is 2.07. The van der Waals surface area contributed by atoms with E-state index >= 15 is 0 Å². The maximum absolute atomic E-state index is 5.67. The summed E-state index contributed by atoms with van der Waals surface area (Å²) in [6.07, 6.45) is 0.873. The van der Waals surface area contributed by atoms with Crippen molar-refractivity contribution in [3.63, 3.8) is 0 Å². The highest BCUT2D eigenvalue weighted by atomic mass is 127. The van der Waals surface area contributed by atoms with Crippen LogP contribution in [0.5, 0.6) is 5.75 Å². The van der Waals surface area contributed by atoms with E-state index in [9.17, 15) is 0 Å². The topological polar surface area (TPSA) is 71.7 Å². The Hall–Kier alpha value is -2.55. The second-order valence-corrected chi connectivity index (χ2v) is 5.92. The number of halogens is 1. The average Bonchev–Trinajstić information content (AvgIpc) is 3.20. The summed E-state index contributed by atoms with van der Waals surface area (Å²) in [6.45, 7) is 1.95. The van der Waals surface area contributed by atoms with E-state index in [1.807, 2.05) is 66.7 Å². The molecule has 148 valence electrons. The van der Waals surface area contributed by atoms with Crippen LogP contribution in [0.2, 0.25) is 0 Å².